The summed E-state index contributed by atoms with van der Waals surface area (Å²) in [6.45, 7) is -0.529. The van der Waals surface area contributed by atoms with Gasteiger partial charge >= 0.3 is 0 Å². The minimum atomic E-state index is -3.08. The third kappa shape index (κ3) is 2.62. The largest absolute Gasteiger partial charge is 0.494 e. The number of likely N-dealkylation sites (N-methyl/N-ethyl adjacent to an activating group) is 1. The zero-order valence-corrected chi connectivity index (χ0v) is 8.48. The molecule has 0 aromatic heterocycles. The van der Waals surface area contributed by atoms with E-state index in [2.05, 4.69) is 10.1 Å². The van der Waals surface area contributed by atoms with E-state index in [1.165, 1.54) is 20.2 Å². The second-order valence-electron chi connectivity index (χ2n) is 3.08. The first-order valence-electron chi connectivity index (χ1n) is 4.37. The molecular formula is C10H12F3NO. The van der Waals surface area contributed by atoms with Crippen LogP contribution in [0.1, 0.15) is 5.56 Å². The number of methoxy groups -OCH3 is 1. The van der Waals surface area contributed by atoms with Crippen molar-refractivity contribution in [2.45, 2.75) is 5.92 Å². The Labute approximate surface area is 86.1 Å². The van der Waals surface area contributed by atoms with Gasteiger partial charge in [0.15, 0.2) is 11.6 Å². The number of nitrogens with one attached hydrogen (secondary N) is 1. The molecular weight excluding hydrogens is 207 g/mol. The molecule has 0 amide bonds. The molecule has 0 unspecified atom stereocenters. The van der Waals surface area contributed by atoms with E-state index in [1.807, 2.05) is 0 Å². The summed E-state index contributed by atoms with van der Waals surface area (Å²) in [6, 6.07) is 3.13. The van der Waals surface area contributed by atoms with Crippen molar-refractivity contribution in [3.63, 3.8) is 0 Å². The van der Waals surface area contributed by atoms with E-state index in [4.69, 9.17) is 0 Å². The molecule has 5 heteroatoms. The van der Waals surface area contributed by atoms with E-state index in [9.17, 15) is 13.2 Å². The van der Waals surface area contributed by atoms with Gasteiger partial charge in [0.1, 0.15) is 0 Å². The van der Waals surface area contributed by atoms with E-state index in [0.717, 1.165) is 12.1 Å². The van der Waals surface area contributed by atoms with Gasteiger partial charge in [-0.2, -0.15) is 8.78 Å². The van der Waals surface area contributed by atoms with Crippen molar-refractivity contribution in [1.29, 1.82) is 0 Å². The zero-order valence-electron chi connectivity index (χ0n) is 8.48. The standard InChI is InChI=1S/C10H12F3NO/c1-14-6-10(12,13)7-3-4-9(15-2)8(11)5-7/h3-5,14H,6H2,1-2H3. The van der Waals surface area contributed by atoms with Gasteiger partial charge in [-0.1, -0.05) is 0 Å². The highest BCUT2D eigenvalue weighted by Crippen LogP contribution is 2.30. The summed E-state index contributed by atoms with van der Waals surface area (Å²) < 4.78 is 44.4. The highest BCUT2D eigenvalue weighted by molar-refractivity contribution is 5.31. The number of rotatable bonds is 4. The van der Waals surface area contributed by atoms with Crippen molar-refractivity contribution < 1.29 is 17.9 Å². The smallest absolute Gasteiger partial charge is 0.285 e. The molecule has 0 aliphatic heterocycles. The summed E-state index contributed by atoms with van der Waals surface area (Å²) in [5, 5.41) is 2.35. The summed E-state index contributed by atoms with van der Waals surface area (Å²) in [5.41, 5.74) is -0.366. The summed E-state index contributed by atoms with van der Waals surface area (Å²) in [4.78, 5) is 0. The molecule has 0 radical (unpaired) electrons. The minimum Gasteiger partial charge on any atom is -0.494 e. The quantitative estimate of drug-likeness (QED) is 0.837. The molecule has 0 saturated carbocycles. The van der Waals surface area contributed by atoms with Crippen molar-refractivity contribution in [2.24, 2.45) is 0 Å². The maximum atomic E-state index is 13.3. The van der Waals surface area contributed by atoms with E-state index in [-0.39, 0.29) is 11.3 Å². The van der Waals surface area contributed by atoms with Gasteiger partial charge < -0.3 is 10.1 Å². The molecule has 0 atom stereocenters. The van der Waals surface area contributed by atoms with E-state index in [0.29, 0.717) is 0 Å². The number of hydrogen-bond donors (Lipinski definition) is 1. The van der Waals surface area contributed by atoms with Crippen LogP contribution in [0.5, 0.6) is 5.75 Å². The van der Waals surface area contributed by atoms with Gasteiger partial charge in [-0.15, -0.1) is 0 Å². The van der Waals surface area contributed by atoms with Crippen LogP contribution in [-0.4, -0.2) is 20.7 Å². The van der Waals surface area contributed by atoms with Crippen molar-refractivity contribution in [1.82, 2.24) is 5.32 Å². The lowest BCUT2D eigenvalue weighted by Crippen LogP contribution is -2.28. The third-order valence-corrected chi connectivity index (χ3v) is 1.97. The molecule has 1 rings (SSSR count). The summed E-state index contributed by atoms with van der Waals surface area (Å²) in [6.07, 6.45) is 0. The van der Waals surface area contributed by atoms with Crippen molar-refractivity contribution in [3.8, 4) is 5.75 Å². The van der Waals surface area contributed by atoms with Crippen LogP contribution in [-0.2, 0) is 5.92 Å². The molecule has 0 fully saturated rings. The van der Waals surface area contributed by atoms with Gasteiger partial charge in [0.2, 0.25) is 0 Å². The van der Waals surface area contributed by atoms with Crippen LogP contribution in [0.15, 0.2) is 18.2 Å². The monoisotopic (exact) mass is 219 g/mol. The summed E-state index contributed by atoms with van der Waals surface area (Å²) >= 11 is 0. The molecule has 0 aliphatic carbocycles. The van der Waals surface area contributed by atoms with Crippen LogP contribution in [0.4, 0.5) is 13.2 Å². The lowest BCUT2D eigenvalue weighted by molar-refractivity contribution is -0.00160. The van der Waals surface area contributed by atoms with Crippen LogP contribution >= 0.6 is 0 Å². The molecule has 0 bridgehead atoms. The molecule has 2 nitrogen and oxygen atoms in total. The van der Waals surface area contributed by atoms with Crippen LogP contribution in [0.3, 0.4) is 0 Å². The number of halogens is 3. The molecule has 1 N–H and O–H groups in total. The number of benzene rings is 1. The Balaban J connectivity index is 3.01. The molecule has 0 spiro atoms. The minimum absolute atomic E-state index is 0.0426. The van der Waals surface area contributed by atoms with Crippen LogP contribution < -0.4 is 10.1 Å². The van der Waals surface area contributed by atoms with Crippen molar-refractivity contribution in [3.05, 3.63) is 29.6 Å². The first-order valence-corrected chi connectivity index (χ1v) is 4.37. The van der Waals surface area contributed by atoms with E-state index in [1.54, 1.807) is 0 Å². The summed E-state index contributed by atoms with van der Waals surface area (Å²) in [7, 11) is 2.69. The lowest BCUT2D eigenvalue weighted by atomic mass is 10.1. The molecule has 84 valence electrons. The molecule has 15 heavy (non-hydrogen) atoms. The maximum Gasteiger partial charge on any atom is 0.285 e. The van der Waals surface area contributed by atoms with E-state index >= 15 is 0 Å². The Morgan fingerprint density at radius 2 is 2.07 bits per heavy atom. The zero-order chi connectivity index (χ0) is 11.5. The normalized spacial score (nSPS) is 11.5. The second-order valence-corrected chi connectivity index (χ2v) is 3.08. The Kier molecular flexibility index (Phi) is 3.57. The average Bonchev–Trinajstić information content (AvgIpc) is 2.17. The maximum absolute atomic E-state index is 13.3. The first-order chi connectivity index (χ1) is 7.01. The Hall–Kier alpha value is -1.23. The lowest BCUT2D eigenvalue weighted by Gasteiger charge is -2.16. The van der Waals surface area contributed by atoms with Gasteiger partial charge in [0.05, 0.1) is 13.7 Å². The Morgan fingerprint density at radius 1 is 1.40 bits per heavy atom. The number of ether oxygens (including phenoxy) is 1. The fourth-order valence-electron chi connectivity index (χ4n) is 1.22. The highest BCUT2D eigenvalue weighted by atomic mass is 19.3. The Bertz CT molecular complexity index is 341. The number of alkyl halides is 2. The predicted molar refractivity (Wildman–Crippen MR) is 50.8 cm³/mol. The van der Waals surface area contributed by atoms with E-state index < -0.39 is 18.3 Å². The van der Waals surface area contributed by atoms with Crippen LogP contribution in [0, 0.1) is 5.82 Å². The van der Waals surface area contributed by atoms with Gasteiger partial charge in [-0.25, -0.2) is 4.39 Å². The Morgan fingerprint density at radius 3 is 2.53 bits per heavy atom. The molecule has 1 aromatic rings. The van der Waals surface area contributed by atoms with Gasteiger partial charge in [0, 0.05) is 5.56 Å². The second kappa shape index (κ2) is 4.53. The highest BCUT2D eigenvalue weighted by Gasteiger charge is 2.31. The predicted octanol–water partition coefficient (Wildman–Crippen LogP) is 2.15. The van der Waals surface area contributed by atoms with Crippen LogP contribution in [0.2, 0.25) is 0 Å². The van der Waals surface area contributed by atoms with Gasteiger partial charge in [-0.05, 0) is 25.2 Å². The first kappa shape index (κ1) is 11.8. The average molecular weight is 219 g/mol. The van der Waals surface area contributed by atoms with Crippen LogP contribution in [0.25, 0.3) is 0 Å². The molecule has 1 aromatic carbocycles. The molecule has 0 aliphatic rings. The van der Waals surface area contributed by atoms with Gasteiger partial charge in [0.25, 0.3) is 5.92 Å². The van der Waals surface area contributed by atoms with Crippen molar-refractivity contribution >= 4 is 0 Å². The topological polar surface area (TPSA) is 21.3 Å². The molecule has 0 saturated heterocycles. The molecule has 0 heterocycles. The fourth-order valence-corrected chi connectivity index (χ4v) is 1.22. The SMILES string of the molecule is CNCC(F)(F)c1ccc(OC)c(F)c1. The third-order valence-electron chi connectivity index (χ3n) is 1.97. The van der Waals surface area contributed by atoms with Crippen molar-refractivity contribution in [2.75, 3.05) is 20.7 Å². The fraction of sp³-hybridized carbons (Fsp3) is 0.400. The summed E-state index contributed by atoms with van der Waals surface area (Å²) in [5.74, 6) is -3.91. The van der Waals surface area contributed by atoms with Gasteiger partial charge in [-0.3, -0.25) is 0 Å². The number of hydrogen-bond acceptors (Lipinski definition) is 2.